The van der Waals surface area contributed by atoms with Crippen LogP contribution < -0.4 is 10.2 Å². The second-order valence-corrected chi connectivity index (χ2v) is 9.46. The Morgan fingerprint density at radius 3 is 2.44 bits per heavy atom. The molecule has 7 nitrogen and oxygen atoms in total. The molecule has 3 aromatic carbocycles. The van der Waals surface area contributed by atoms with Crippen LogP contribution in [0, 0.1) is 6.92 Å². The standard InChI is InChI=1S/C22H15Cl2NO6S/c1-11-4-2-3-5-13(11)18-10-17(27)20-16(26)7-6-15(22(20)31-18)25-32(29,30)19-9-12(23)8-14(24)21(19)28/h2-10,25-26,28H,1H3. The fourth-order valence-corrected chi connectivity index (χ4v) is 5.08. The number of hydrogen-bond acceptors (Lipinski definition) is 6. The van der Waals surface area contributed by atoms with Crippen molar-refractivity contribution in [3.63, 3.8) is 0 Å². The first-order valence-corrected chi connectivity index (χ1v) is 11.4. The lowest BCUT2D eigenvalue weighted by Gasteiger charge is -2.13. The molecule has 0 aliphatic heterocycles. The van der Waals surface area contributed by atoms with Gasteiger partial charge >= 0.3 is 0 Å². The van der Waals surface area contributed by atoms with Crippen LogP contribution in [-0.2, 0) is 10.0 Å². The normalized spacial score (nSPS) is 11.6. The summed E-state index contributed by atoms with van der Waals surface area (Å²) in [5.74, 6) is -0.865. The highest BCUT2D eigenvalue weighted by molar-refractivity contribution is 7.92. The minimum atomic E-state index is -4.40. The molecule has 0 aliphatic rings. The number of nitrogens with one attached hydrogen (secondary N) is 1. The quantitative estimate of drug-likeness (QED) is 0.334. The average Bonchev–Trinajstić information content (AvgIpc) is 2.72. The van der Waals surface area contributed by atoms with E-state index in [1.165, 1.54) is 18.2 Å². The van der Waals surface area contributed by atoms with E-state index in [0.29, 0.717) is 5.56 Å². The fourth-order valence-electron chi connectivity index (χ4n) is 3.26. The summed E-state index contributed by atoms with van der Waals surface area (Å²) in [6, 6.07) is 13.0. The van der Waals surface area contributed by atoms with Crippen molar-refractivity contribution in [2.75, 3.05) is 4.72 Å². The van der Waals surface area contributed by atoms with Crippen LogP contribution in [0.25, 0.3) is 22.3 Å². The Hall–Kier alpha value is -3.20. The van der Waals surface area contributed by atoms with Gasteiger partial charge in [-0.2, -0.15) is 0 Å². The number of sulfonamides is 1. The van der Waals surface area contributed by atoms with Crippen LogP contribution in [0.3, 0.4) is 0 Å². The highest BCUT2D eigenvalue weighted by atomic mass is 35.5. The van der Waals surface area contributed by atoms with Gasteiger partial charge in [0.05, 0.1) is 10.7 Å². The molecular weight excluding hydrogens is 477 g/mol. The Labute approximate surface area is 192 Å². The minimum absolute atomic E-state index is 0.00268. The monoisotopic (exact) mass is 491 g/mol. The van der Waals surface area contributed by atoms with Crippen LogP contribution in [0.4, 0.5) is 5.69 Å². The van der Waals surface area contributed by atoms with E-state index >= 15 is 0 Å². The van der Waals surface area contributed by atoms with Crippen molar-refractivity contribution in [3.8, 4) is 22.8 Å². The van der Waals surface area contributed by atoms with Gasteiger partial charge in [-0.25, -0.2) is 8.42 Å². The number of phenols is 2. The van der Waals surface area contributed by atoms with Crippen molar-refractivity contribution in [1.82, 2.24) is 0 Å². The smallest absolute Gasteiger partial charge is 0.265 e. The zero-order valence-electron chi connectivity index (χ0n) is 16.4. The number of rotatable bonds is 4. The van der Waals surface area contributed by atoms with Crippen molar-refractivity contribution in [2.45, 2.75) is 11.8 Å². The lowest BCUT2D eigenvalue weighted by molar-refractivity contribution is 0.459. The molecule has 0 radical (unpaired) electrons. The molecule has 32 heavy (non-hydrogen) atoms. The van der Waals surface area contributed by atoms with E-state index in [0.717, 1.165) is 17.7 Å². The largest absolute Gasteiger partial charge is 0.507 e. The van der Waals surface area contributed by atoms with Gasteiger partial charge in [-0.15, -0.1) is 0 Å². The third-order valence-electron chi connectivity index (χ3n) is 4.79. The summed E-state index contributed by atoms with van der Waals surface area (Å²) < 4.78 is 34.1. The number of fused-ring (bicyclic) bond motifs is 1. The molecule has 0 aliphatic carbocycles. The van der Waals surface area contributed by atoms with E-state index < -0.39 is 26.1 Å². The summed E-state index contributed by atoms with van der Waals surface area (Å²) in [5, 5.41) is 19.9. The maximum atomic E-state index is 13.0. The Kier molecular flexibility index (Phi) is 5.54. The summed E-state index contributed by atoms with van der Waals surface area (Å²) in [6.45, 7) is 1.83. The highest BCUT2D eigenvalue weighted by Gasteiger charge is 2.24. The molecule has 0 amide bonds. The molecule has 4 rings (SSSR count). The second kappa shape index (κ2) is 8.05. The molecule has 0 saturated heterocycles. The number of phenolic OH excluding ortho intramolecular Hbond substituents is 2. The minimum Gasteiger partial charge on any atom is -0.507 e. The first kappa shape index (κ1) is 22.0. The first-order valence-electron chi connectivity index (χ1n) is 9.15. The van der Waals surface area contributed by atoms with Crippen molar-refractivity contribution < 1.29 is 23.0 Å². The second-order valence-electron chi connectivity index (χ2n) is 6.97. The number of aryl methyl sites for hydroxylation is 1. The maximum Gasteiger partial charge on any atom is 0.265 e. The number of anilines is 1. The lowest BCUT2D eigenvalue weighted by atomic mass is 10.1. The molecular formula is C22H15Cl2NO6S. The molecule has 1 heterocycles. The van der Waals surface area contributed by atoms with Crippen LogP contribution in [0.5, 0.6) is 11.5 Å². The molecule has 10 heteroatoms. The zero-order chi connectivity index (χ0) is 23.2. The molecule has 4 aromatic rings. The molecule has 0 atom stereocenters. The van der Waals surface area contributed by atoms with Crippen LogP contribution in [-0.4, -0.2) is 18.6 Å². The van der Waals surface area contributed by atoms with Gasteiger partial charge in [0.25, 0.3) is 10.0 Å². The van der Waals surface area contributed by atoms with Crippen LogP contribution in [0.1, 0.15) is 5.56 Å². The average molecular weight is 492 g/mol. The van der Waals surface area contributed by atoms with Crippen molar-refractivity contribution in [2.24, 2.45) is 0 Å². The first-order chi connectivity index (χ1) is 15.1. The van der Waals surface area contributed by atoms with Crippen molar-refractivity contribution in [3.05, 3.63) is 80.4 Å². The Morgan fingerprint density at radius 2 is 1.72 bits per heavy atom. The highest BCUT2D eigenvalue weighted by Crippen LogP contribution is 2.37. The van der Waals surface area contributed by atoms with E-state index in [2.05, 4.69) is 4.72 Å². The van der Waals surface area contributed by atoms with Crippen LogP contribution in [0.15, 0.2) is 68.7 Å². The number of aromatic hydroxyl groups is 2. The summed E-state index contributed by atoms with van der Waals surface area (Å²) in [6.07, 6.45) is 0. The SMILES string of the molecule is Cc1ccccc1-c1cc(=O)c2c(O)ccc(NS(=O)(=O)c3cc(Cl)cc(Cl)c3O)c2o1. The predicted molar refractivity (Wildman–Crippen MR) is 123 cm³/mol. The topological polar surface area (TPSA) is 117 Å². The molecule has 164 valence electrons. The number of hydrogen-bond donors (Lipinski definition) is 3. The number of benzene rings is 3. The molecule has 3 N–H and O–H groups in total. The molecule has 1 aromatic heterocycles. The molecule has 0 bridgehead atoms. The van der Waals surface area contributed by atoms with Gasteiger partial charge in [-0.3, -0.25) is 9.52 Å². The maximum absolute atomic E-state index is 13.0. The summed E-state index contributed by atoms with van der Waals surface area (Å²) in [4.78, 5) is 12.2. The van der Waals surface area contributed by atoms with Gasteiger partial charge in [0.2, 0.25) is 0 Å². The lowest BCUT2D eigenvalue weighted by Crippen LogP contribution is -2.14. The van der Waals surface area contributed by atoms with Gasteiger partial charge in [0, 0.05) is 16.7 Å². The van der Waals surface area contributed by atoms with E-state index in [1.54, 1.807) is 12.1 Å². The summed E-state index contributed by atoms with van der Waals surface area (Å²) in [5.41, 5.74) is 0.600. The summed E-state index contributed by atoms with van der Waals surface area (Å²) >= 11 is 11.7. The van der Waals surface area contributed by atoms with E-state index in [1.807, 2.05) is 19.1 Å². The third kappa shape index (κ3) is 3.88. The van der Waals surface area contributed by atoms with Crippen LogP contribution >= 0.6 is 23.2 Å². The van der Waals surface area contributed by atoms with E-state index in [-0.39, 0.29) is 38.2 Å². The predicted octanol–water partition coefficient (Wildman–Crippen LogP) is 5.29. The van der Waals surface area contributed by atoms with Crippen LogP contribution in [0.2, 0.25) is 10.0 Å². The third-order valence-corrected chi connectivity index (χ3v) is 6.68. The van der Waals surface area contributed by atoms with Gasteiger partial charge in [0.1, 0.15) is 21.8 Å². The van der Waals surface area contributed by atoms with Gasteiger partial charge < -0.3 is 14.6 Å². The molecule has 0 spiro atoms. The fraction of sp³-hybridized carbons (Fsp3) is 0.0455. The Balaban J connectivity index is 1.93. The van der Waals surface area contributed by atoms with Gasteiger partial charge in [-0.05, 0) is 36.8 Å². The van der Waals surface area contributed by atoms with E-state index in [9.17, 15) is 23.4 Å². The van der Waals surface area contributed by atoms with Gasteiger partial charge in [-0.1, -0.05) is 47.5 Å². The number of halogens is 2. The molecule has 0 saturated carbocycles. The zero-order valence-corrected chi connectivity index (χ0v) is 18.7. The Bertz CT molecular complexity index is 1550. The van der Waals surface area contributed by atoms with Crippen molar-refractivity contribution >= 4 is 49.9 Å². The molecule has 0 fully saturated rings. The van der Waals surface area contributed by atoms with Crippen molar-refractivity contribution in [1.29, 1.82) is 0 Å². The van der Waals surface area contributed by atoms with E-state index in [4.69, 9.17) is 27.6 Å². The summed E-state index contributed by atoms with van der Waals surface area (Å²) in [7, 11) is -4.40. The Morgan fingerprint density at radius 1 is 1.00 bits per heavy atom. The molecule has 0 unspecified atom stereocenters. The van der Waals surface area contributed by atoms with Gasteiger partial charge in [0.15, 0.2) is 16.8 Å².